The number of amides is 1. The second-order valence-corrected chi connectivity index (χ2v) is 8.19. The zero-order chi connectivity index (χ0) is 20.2. The van der Waals surface area contributed by atoms with Crippen LogP contribution in [0.3, 0.4) is 0 Å². The Morgan fingerprint density at radius 1 is 1.07 bits per heavy atom. The number of likely N-dealkylation sites (tertiary alicyclic amines) is 1. The number of hydrogen-bond donors (Lipinski definition) is 1. The maximum absolute atomic E-state index is 13.1. The summed E-state index contributed by atoms with van der Waals surface area (Å²) in [6.45, 7) is 4.41. The van der Waals surface area contributed by atoms with Crippen molar-refractivity contribution in [1.82, 2.24) is 10.2 Å². The highest BCUT2D eigenvalue weighted by Gasteiger charge is 2.31. The van der Waals surface area contributed by atoms with Crippen LogP contribution >= 0.6 is 0 Å². The molecule has 0 radical (unpaired) electrons. The molecule has 2 aromatic rings. The third-order valence-corrected chi connectivity index (χ3v) is 6.19. The van der Waals surface area contributed by atoms with E-state index in [-0.39, 0.29) is 17.7 Å². The number of furan rings is 1. The van der Waals surface area contributed by atoms with Gasteiger partial charge >= 0.3 is 0 Å². The molecule has 1 atom stereocenters. The maximum Gasteiger partial charge on any atom is 0.255 e. The van der Waals surface area contributed by atoms with E-state index in [4.69, 9.17) is 4.42 Å². The van der Waals surface area contributed by atoms with Gasteiger partial charge < -0.3 is 9.73 Å². The van der Waals surface area contributed by atoms with Gasteiger partial charge in [0.05, 0.1) is 17.2 Å². The summed E-state index contributed by atoms with van der Waals surface area (Å²) in [5.74, 6) is 1.06. The highest BCUT2D eigenvalue weighted by Crippen LogP contribution is 2.30. The lowest BCUT2D eigenvalue weighted by atomic mass is 9.93. The Labute approximate surface area is 172 Å². The lowest BCUT2D eigenvalue weighted by Gasteiger charge is -2.31. The zero-order valence-electron chi connectivity index (χ0n) is 17.2. The first-order chi connectivity index (χ1) is 14.1. The van der Waals surface area contributed by atoms with E-state index < -0.39 is 0 Å². The first-order valence-corrected chi connectivity index (χ1v) is 10.9. The molecule has 1 aliphatic heterocycles. The van der Waals surface area contributed by atoms with E-state index in [0.717, 1.165) is 25.9 Å². The Hall–Kier alpha value is -2.40. The molecule has 1 N–H and O–H groups in total. The van der Waals surface area contributed by atoms with Gasteiger partial charge in [-0.1, -0.05) is 43.2 Å². The Bertz CT molecular complexity index is 864. The van der Waals surface area contributed by atoms with Gasteiger partial charge in [0.2, 0.25) is 0 Å². The minimum Gasteiger partial charge on any atom is -0.465 e. The summed E-state index contributed by atoms with van der Waals surface area (Å²) >= 11 is 0. The summed E-state index contributed by atoms with van der Waals surface area (Å²) in [7, 11) is 0. The molecule has 1 aromatic carbocycles. The van der Waals surface area contributed by atoms with Crippen molar-refractivity contribution in [2.24, 2.45) is 0 Å². The molecule has 5 heteroatoms. The van der Waals surface area contributed by atoms with Crippen LogP contribution in [0.15, 0.2) is 34.7 Å². The molecule has 0 bridgehead atoms. The van der Waals surface area contributed by atoms with Gasteiger partial charge in [-0.05, 0) is 44.8 Å². The van der Waals surface area contributed by atoms with E-state index in [2.05, 4.69) is 34.5 Å². The quantitative estimate of drug-likeness (QED) is 0.814. The van der Waals surface area contributed by atoms with E-state index in [1.807, 2.05) is 6.07 Å². The predicted octanol–water partition coefficient (Wildman–Crippen LogP) is 4.45. The van der Waals surface area contributed by atoms with Crippen molar-refractivity contribution >= 4 is 11.7 Å². The fourth-order valence-electron chi connectivity index (χ4n) is 4.70. The van der Waals surface area contributed by atoms with Crippen LogP contribution in [0.1, 0.15) is 82.4 Å². The van der Waals surface area contributed by atoms with Crippen LogP contribution in [0, 0.1) is 6.92 Å². The van der Waals surface area contributed by atoms with Gasteiger partial charge in [0.25, 0.3) is 5.91 Å². The third kappa shape index (κ3) is 4.30. The fourth-order valence-corrected chi connectivity index (χ4v) is 4.70. The van der Waals surface area contributed by atoms with E-state index >= 15 is 0 Å². The molecule has 0 spiro atoms. The van der Waals surface area contributed by atoms with E-state index in [1.165, 1.54) is 31.2 Å². The molecule has 2 heterocycles. The number of nitrogens with one attached hydrogen (secondary N) is 1. The van der Waals surface area contributed by atoms with Crippen molar-refractivity contribution in [1.29, 1.82) is 0 Å². The van der Waals surface area contributed by atoms with Crippen LogP contribution in [0.25, 0.3) is 0 Å². The molecule has 1 unspecified atom stereocenters. The highest BCUT2D eigenvalue weighted by molar-refractivity contribution is 6.10. The highest BCUT2D eigenvalue weighted by atomic mass is 16.3. The van der Waals surface area contributed by atoms with E-state index in [9.17, 15) is 9.59 Å². The van der Waals surface area contributed by atoms with Crippen LogP contribution in [0.2, 0.25) is 0 Å². The molecule has 1 amide bonds. The lowest BCUT2D eigenvalue weighted by molar-refractivity contribution is 0.0913. The monoisotopic (exact) mass is 394 g/mol. The Morgan fingerprint density at radius 2 is 1.79 bits per heavy atom. The van der Waals surface area contributed by atoms with Crippen LogP contribution < -0.4 is 5.32 Å². The first kappa shape index (κ1) is 19.9. The lowest BCUT2D eigenvalue weighted by Crippen LogP contribution is -2.39. The van der Waals surface area contributed by atoms with E-state index in [0.29, 0.717) is 35.6 Å². The number of Topliss-reactive ketones (excluding diaryl/α,β-unsaturated/α-hetero) is 1. The number of aryl methyl sites for hydroxylation is 2. The van der Waals surface area contributed by atoms with E-state index in [1.54, 1.807) is 6.92 Å². The van der Waals surface area contributed by atoms with Crippen LogP contribution in [-0.4, -0.2) is 36.2 Å². The molecule has 2 aliphatic rings. The minimum atomic E-state index is -0.196. The largest absolute Gasteiger partial charge is 0.465 e. The standard InChI is InChI=1S/C24H30N2O3/c1-17-22(23-20(27)12-9-13-21(23)29-17)24(28)25-16-19(18-10-5-4-6-11-18)26-14-7-2-3-8-15-26/h4-6,10-11,19H,2-3,7-9,12-16H2,1H3,(H,25,28). The van der Waals surface area contributed by atoms with Crippen LogP contribution in [0.5, 0.6) is 0 Å². The molecule has 5 nitrogen and oxygen atoms in total. The summed E-state index contributed by atoms with van der Waals surface area (Å²) in [5, 5.41) is 3.12. The maximum atomic E-state index is 13.1. The van der Waals surface area contributed by atoms with Crippen LogP contribution in [0.4, 0.5) is 0 Å². The molecule has 1 aliphatic carbocycles. The summed E-state index contributed by atoms with van der Waals surface area (Å²) in [6, 6.07) is 10.5. The second kappa shape index (κ2) is 8.95. The topological polar surface area (TPSA) is 62.6 Å². The molecule has 1 saturated heterocycles. The van der Waals surface area contributed by atoms with Crippen LogP contribution in [-0.2, 0) is 6.42 Å². The molecule has 0 saturated carbocycles. The number of carbonyl (C=O) groups excluding carboxylic acids is 2. The smallest absolute Gasteiger partial charge is 0.255 e. The third-order valence-electron chi connectivity index (χ3n) is 6.19. The van der Waals surface area contributed by atoms with Crippen molar-refractivity contribution in [3.63, 3.8) is 0 Å². The average Bonchev–Trinajstić information content (AvgIpc) is 2.89. The van der Waals surface area contributed by atoms with Gasteiger partial charge in [0.1, 0.15) is 11.5 Å². The van der Waals surface area contributed by atoms with Crippen molar-refractivity contribution in [3.05, 3.63) is 58.5 Å². The number of benzene rings is 1. The number of hydrogen-bond acceptors (Lipinski definition) is 4. The summed E-state index contributed by atoms with van der Waals surface area (Å²) in [6.07, 6.45) is 6.95. The minimum absolute atomic E-state index is 0.0281. The predicted molar refractivity (Wildman–Crippen MR) is 112 cm³/mol. The van der Waals surface area contributed by atoms with Crippen molar-refractivity contribution in [2.75, 3.05) is 19.6 Å². The Balaban J connectivity index is 1.54. The SMILES string of the molecule is Cc1oc2c(c1C(=O)NCC(c1ccccc1)N1CCCCCC1)C(=O)CCC2. The number of nitrogens with zero attached hydrogens (tertiary/aromatic N) is 1. The first-order valence-electron chi connectivity index (χ1n) is 10.9. The summed E-state index contributed by atoms with van der Waals surface area (Å²) in [5.41, 5.74) is 2.17. The van der Waals surface area contributed by atoms with Gasteiger partial charge in [0.15, 0.2) is 5.78 Å². The second-order valence-electron chi connectivity index (χ2n) is 8.19. The number of ketones is 1. The number of fused-ring (bicyclic) bond motifs is 1. The van der Waals surface area contributed by atoms with Crippen molar-refractivity contribution < 1.29 is 14.0 Å². The average molecular weight is 395 g/mol. The normalized spacial score (nSPS) is 18.7. The van der Waals surface area contributed by atoms with Gasteiger partial charge in [-0.25, -0.2) is 0 Å². The molecule has 1 fully saturated rings. The van der Waals surface area contributed by atoms with Gasteiger partial charge in [-0.2, -0.15) is 0 Å². The molecule has 4 rings (SSSR count). The zero-order valence-corrected chi connectivity index (χ0v) is 17.2. The number of carbonyl (C=O) groups is 2. The van der Waals surface area contributed by atoms with Gasteiger partial charge in [-0.3, -0.25) is 14.5 Å². The molecular weight excluding hydrogens is 364 g/mol. The fraction of sp³-hybridized carbons (Fsp3) is 0.500. The molecule has 154 valence electrons. The summed E-state index contributed by atoms with van der Waals surface area (Å²) in [4.78, 5) is 28.0. The number of rotatable bonds is 5. The molecule has 1 aromatic heterocycles. The molecular formula is C24H30N2O3. The van der Waals surface area contributed by atoms with Gasteiger partial charge in [0, 0.05) is 19.4 Å². The summed E-state index contributed by atoms with van der Waals surface area (Å²) < 4.78 is 5.76. The van der Waals surface area contributed by atoms with Crippen molar-refractivity contribution in [3.8, 4) is 0 Å². The Kier molecular flexibility index (Phi) is 6.14. The van der Waals surface area contributed by atoms with Crippen molar-refractivity contribution in [2.45, 2.75) is 57.9 Å². The van der Waals surface area contributed by atoms with Gasteiger partial charge in [-0.15, -0.1) is 0 Å². The Morgan fingerprint density at radius 3 is 2.52 bits per heavy atom. The molecule has 29 heavy (non-hydrogen) atoms.